The number of carbonyl (C=O) groups excluding carboxylic acids is 2. The molecule has 4 rings (SSSR count). The van der Waals surface area contributed by atoms with E-state index in [4.69, 9.17) is 9.47 Å². The first kappa shape index (κ1) is 20.5. The first-order valence-electron chi connectivity index (χ1n) is 10.0. The summed E-state index contributed by atoms with van der Waals surface area (Å²) < 4.78 is 11.4. The standard InChI is InChI=1S/C25H24N2O4/c1-25(2,3)16-8-11-18(12-9-16)30-15-23(28)26-17-10-13-21-19(14-17)24(29)27-20-6-4-5-7-22(20)31-21/h4-14H,15H2,1-3H3,(H,26,28)(H,27,29). The third-order valence-electron chi connectivity index (χ3n) is 4.95. The number of benzene rings is 3. The minimum absolute atomic E-state index is 0.0542. The fourth-order valence-electron chi connectivity index (χ4n) is 3.24. The van der Waals surface area contributed by atoms with Crippen LogP contribution in [0.15, 0.2) is 66.7 Å². The lowest BCUT2D eigenvalue weighted by atomic mass is 9.87. The van der Waals surface area contributed by atoms with Gasteiger partial charge in [0.15, 0.2) is 12.4 Å². The van der Waals surface area contributed by atoms with Crippen molar-refractivity contribution in [2.24, 2.45) is 0 Å². The molecule has 0 unspecified atom stereocenters. The molecular weight excluding hydrogens is 392 g/mol. The number of hydrogen-bond acceptors (Lipinski definition) is 4. The fraction of sp³-hybridized carbons (Fsp3) is 0.200. The number of fused-ring (bicyclic) bond motifs is 2. The predicted octanol–water partition coefficient (Wildman–Crippen LogP) is 5.36. The summed E-state index contributed by atoms with van der Waals surface area (Å²) in [5, 5.41) is 5.58. The summed E-state index contributed by atoms with van der Waals surface area (Å²) in [4.78, 5) is 24.9. The van der Waals surface area contributed by atoms with E-state index >= 15 is 0 Å². The van der Waals surface area contributed by atoms with Crippen molar-refractivity contribution in [3.8, 4) is 17.2 Å². The van der Waals surface area contributed by atoms with Crippen molar-refractivity contribution in [2.45, 2.75) is 26.2 Å². The third kappa shape index (κ3) is 4.69. The summed E-state index contributed by atoms with van der Waals surface area (Å²) in [6.45, 7) is 6.28. The van der Waals surface area contributed by atoms with E-state index in [1.807, 2.05) is 36.4 Å². The quantitative estimate of drug-likeness (QED) is 0.600. The van der Waals surface area contributed by atoms with Crippen LogP contribution in [0, 0.1) is 0 Å². The molecule has 0 aliphatic carbocycles. The van der Waals surface area contributed by atoms with E-state index in [0.29, 0.717) is 34.2 Å². The first-order valence-corrected chi connectivity index (χ1v) is 10.0. The highest BCUT2D eigenvalue weighted by Crippen LogP contribution is 2.36. The Kier molecular flexibility index (Phi) is 5.38. The van der Waals surface area contributed by atoms with E-state index in [9.17, 15) is 9.59 Å². The number of anilines is 2. The van der Waals surface area contributed by atoms with Crippen LogP contribution >= 0.6 is 0 Å². The maximum atomic E-state index is 12.6. The number of amides is 2. The van der Waals surface area contributed by atoms with Gasteiger partial charge in [0.25, 0.3) is 11.8 Å². The summed E-state index contributed by atoms with van der Waals surface area (Å²) >= 11 is 0. The lowest BCUT2D eigenvalue weighted by Gasteiger charge is -2.19. The number of para-hydroxylation sites is 2. The Bertz CT molecular complexity index is 1130. The topological polar surface area (TPSA) is 76.7 Å². The fourth-order valence-corrected chi connectivity index (χ4v) is 3.24. The van der Waals surface area contributed by atoms with Crippen LogP contribution in [0.5, 0.6) is 17.2 Å². The van der Waals surface area contributed by atoms with E-state index in [-0.39, 0.29) is 23.8 Å². The molecule has 3 aromatic rings. The summed E-state index contributed by atoms with van der Waals surface area (Å²) in [5.74, 6) is 0.993. The summed E-state index contributed by atoms with van der Waals surface area (Å²) in [6.07, 6.45) is 0. The number of nitrogens with one attached hydrogen (secondary N) is 2. The highest BCUT2D eigenvalue weighted by molar-refractivity contribution is 6.09. The van der Waals surface area contributed by atoms with Crippen LogP contribution in [0.2, 0.25) is 0 Å². The van der Waals surface area contributed by atoms with Crippen molar-refractivity contribution in [1.82, 2.24) is 0 Å². The van der Waals surface area contributed by atoms with E-state index in [0.717, 1.165) is 0 Å². The van der Waals surface area contributed by atoms with Crippen LogP contribution < -0.4 is 20.1 Å². The molecule has 0 spiro atoms. The average Bonchev–Trinajstić information content (AvgIpc) is 2.88. The highest BCUT2D eigenvalue weighted by Gasteiger charge is 2.21. The molecule has 0 fully saturated rings. The lowest BCUT2D eigenvalue weighted by molar-refractivity contribution is -0.118. The zero-order chi connectivity index (χ0) is 22.0. The monoisotopic (exact) mass is 416 g/mol. The van der Waals surface area contributed by atoms with Crippen molar-refractivity contribution in [3.63, 3.8) is 0 Å². The third-order valence-corrected chi connectivity index (χ3v) is 4.95. The minimum Gasteiger partial charge on any atom is -0.484 e. The smallest absolute Gasteiger partial charge is 0.262 e. The number of rotatable bonds is 4. The minimum atomic E-state index is -0.321. The van der Waals surface area contributed by atoms with Gasteiger partial charge in [0.2, 0.25) is 0 Å². The van der Waals surface area contributed by atoms with Gasteiger partial charge < -0.3 is 20.1 Å². The van der Waals surface area contributed by atoms with Gasteiger partial charge in [-0.25, -0.2) is 0 Å². The number of hydrogen-bond donors (Lipinski definition) is 2. The number of ether oxygens (including phenoxy) is 2. The van der Waals surface area contributed by atoms with Crippen LogP contribution in [-0.2, 0) is 10.2 Å². The normalized spacial score (nSPS) is 12.5. The van der Waals surface area contributed by atoms with Gasteiger partial charge in [0.05, 0.1) is 11.3 Å². The molecule has 1 aliphatic rings. The van der Waals surface area contributed by atoms with Crippen LogP contribution in [0.3, 0.4) is 0 Å². The molecule has 1 aliphatic heterocycles. The predicted molar refractivity (Wildman–Crippen MR) is 120 cm³/mol. The van der Waals surface area contributed by atoms with Crippen LogP contribution in [0.25, 0.3) is 0 Å². The molecule has 0 atom stereocenters. The van der Waals surface area contributed by atoms with Gasteiger partial charge in [-0.1, -0.05) is 45.0 Å². The summed E-state index contributed by atoms with van der Waals surface area (Å²) in [7, 11) is 0. The van der Waals surface area contributed by atoms with E-state index in [2.05, 4.69) is 31.4 Å². The second kappa shape index (κ2) is 8.14. The summed E-state index contributed by atoms with van der Waals surface area (Å²) in [6, 6.07) is 19.9. The molecule has 2 N–H and O–H groups in total. The second-order valence-electron chi connectivity index (χ2n) is 8.37. The maximum absolute atomic E-state index is 12.6. The Morgan fingerprint density at radius 2 is 1.74 bits per heavy atom. The van der Waals surface area contributed by atoms with Gasteiger partial charge >= 0.3 is 0 Å². The van der Waals surface area contributed by atoms with Crippen molar-refractivity contribution in [3.05, 3.63) is 77.9 Å². The summed E-state index contributed by atoms with van der Waals surface area (Å²) in [5.41, 5.74) is 2.67. The Morgan fingerprint density at radius 3 is 2.48 bits per heavy atom. The Hall–Kier alpha value is -3.80. The molecule has 0 bridgehead atoms. The molecule has 0 aromatic heterocycles. The van der Waals surface area contributed by atoms with E-state index in [1.54, 1.807) is 30.3 Å². The van der Waals surface area contributed by atoms with Gasteiger partial charge in [-0.05, 0) is 53.4 Å². The molecule has 3 aromatic carbocycles. The molecule has 158 valence electrons. The van der Waals surface area contributed by atoms with E-state index in [1.165, 1.54) is 5.56 Å². The molecule has 6 heteroatoms. The van der Waals surface area contributed by atoms with Crippen LogP contribution in [-0.4, -0.2) is 18.4 Å². The number of carbonyl (C=O) groups is 2. The lowest BCUT2D eigenvalue weighted by Crippen LogP contribution is -2.20. The van der Waals surface area contributed by atoms with Gasteiger partial charge in [-0.2, -0.15) is 0 Å². The van der Waals surface area contributed by atoms with Gasteiger partial charge in [-0.15, -0.1) is 0 Å². The average molecular weight is 416 g/mol. The van der Waals surface area contributed by atoms with E-state index < -0.39 is 0 Å². The molecule has 2 amide bonds. The van der Waals surface area contributed by atoms with Crippen LogP contribution in [0.4, 0.5) is 11.4 Å². The molecular formula is C25H24N2O4. The largest absolute Gasteiger partial charge is 0.484 e. The Balaban J connectivity index is 1.40. The van der Waals surface area contributed by atoms with Gasteiger partial charge in [-0.3, -0.25) is 9.59 Å². The Morgan fingerprint density at radius 1 is 1.00 bits per heavy atom. The SMILES string of the molecule is CC(C)(C)c1ccc(OCC(=O)Nc2ccc3c(c2)C(=O)Nc2ccccc2O3)cc1. The van der Waals surface area contributed by atoms with Gasteiger partial charge in [0, 0.05) is 5.69 Å². The maximum Gasteiger partial charge on any atom is 0.262 e. The van der Waals surface area contributed by atoms with Crippen molar-refractivity contribution >= 4 is 23.2 Å². The van der Waals surface area contributed by atoms with Crippen molar-refractivity contribution in [2.75, 3.05) is 17.2 Å². The molecule has 0 saturated heterocycles. The van der Waals surface area contributed by atoms with Crippen LogP contribution in [0.1, 0.15) is 36.7 Å². The van der Waals surface area contributed by atoms with Crippen molar-refractivity contribution in [1.29, 1.82) is 0 Å². The molecule has 0 saturated carbocycles. The van der Waals surface area contributed by atoms with Gasteiger partial charge in [0.1, 0.15) is 11.5 Å². The zero-order valence-electron chi connectivity index (χ0n) is 17.7. The van der Waals surface area contributed by atoms with Crippen molar-refractivity contribution < 1.29 is 19.1 Å². The molecule has 31 heavy (non-hydrogen) atoms. The molecule has 6 nitrogen and oxygen atoms in total. The zero-order valence-corrected chi connectivity index (χ0v) is 17.7. The molecule has 1 heterocycles. The highest BCUT2D eigenvalue weighted by atomic mass is 16.5. The second-order valence-corrected chi connectivity index (χ2v) is 8.37. The first-order chi connectivity index (χ1) is 14.8. The molecule has 0 radical (unpaired) electrons. The Labute approximate surface area is 181 Å².